The van der Waals surface area contributed by atoms with Crippen molar-refractivity contribution in [2.24, 2.45) is 0 Å². The lowest BCUT2D eigenvalue weighted by molar-refractivity contribution is -0.115. The minimum Gasteiger partial charge on any atom is -0.495 e. The highest BCUT2D eigenvalue weighted by Gasteiger charge is 2.16. The number of hydrogen-bond acceptors (Lipinski definition) is 4. The molecule has 2 N–H and O–H groups in total. The van der Waals surface area contributed by atoms with Crippen LogP contribution in [0.3, 0.4) is 0 Å². The van der Waals surface area contributed by atoms with Crippen LogP contribution in [0, 0.1) is 6.92 Å². The van der Waals surface area contributed by atoms with Gasteiger partial charge in [-0.25, -0.2) is 0 Å². The average Bonchev–Trinajstić information content (AvgIpc) is 2.60. The van der Waals surface area contributed by atoms with Crippen molar-refractivity contribution in [3.05, 3.63) is 53.6 Å². The Morgan fingerprint density at radius 1 is 1.12 bits per heavy atom. The van der Waals surface area contributed by atoms with Gasteiger partial charge in [0.15, 0.2) is 0 Å². The first-order chi connectivity index (χ1) is 12.4. The monoisotopic (exact) mass is 364 g/mol. The molecule has 2 aromatic rings. The molecule has 0 radical (unpaired) electrons. The largest absolute Gasteiger partial charge is 0.495 e. The zero-order valence-electron chi connectivity index (χ0n) is 14.2. The van der Waals surface area contributed by atoms with E-state index in [1.54, 1.807) is 12.1 Å². The number of aryl methyl sites for hydroxylation is 1. The summed E-state index contributed by atoms with van der Waals surface area (Å²) in [6.45, 7) is -1.54. The van der Waals surface area contributed by atoms with Gasteiger partial charge < -0.3 is 20.1 Å². The predicted octanol–water partition coefficient (Wildman–Crippen LogP) is 2.97. The summed E-state index contributed by atoms with van der Waals surface area (Å²) in [7, 11) is 1.47. The van der Waals surface area contributed by atoms with E-state index in [4.69, 9.17) is 4.74 Å². The highest BCUT2D eigenvalue weighted by atomic mass is 19.3. The van der Waals surface area contributed by atoms with Gasteiger partial charge in [0, 0.05) is 0 Å². The molecule has 0 aliphatic rings. The number of rotatable bonds is 7. The molecule has 8 heteroatoms. The predicted molar refractivity (Wildman–Crippen MR) is 91.8 cm³/mol. The molecular weight excluding hydrogens is 346 g/mol. The molecule has 0 spiro atoms. The van der Waals surface area contributed by atoms with Gasteiger partial charge in [-0.1, -0.05) is 18.2 Å². The van der Waals surface area contributed by atoms with E-state index in [1.165, 1.54) is 31.4 Å². The lowest BCUT2D eigenvalue weighted by Crippen LogP contribution is -2.33. The Morgan fingerprint density at radius 2 is 1.85 bits per heavy atom. The number of carbonyl (C=O) groups is 2. The second-order valence-corrected chi connectivity index (χ2v) is 5.31. The number of benzene rings is 2. The highest BCUT2D eigenvalue weighted by molar-refractivity contribution is 6.01. The number of amides is 2. The standard InChI is InChI=1S/C18H18F2N2O4/c1-11-7-8-15(25-2)13(9-11)22-16(23)10-21-17(24)12-5-3-4-6-14(12)26-18(19)20/h3-9,18H,10H2,1-2H3,(H,21,24)(H,22,23). The molecule has 2 rings (SSSR count). The molecule has 0 bridgehead atoms. The minimum absolute atomic E-state index is 0.0891. The maximum Gasteiger partial charge on any atom is 0.387 e. The van der Waals surface area contributed by atoms with E-state index in [0.29, 0.717) is 11.4 Å². The molecule has 0 saturated carbocycles. The molecule has 2 aromatic carbocycles. The minimum atomic E-state index is -3.05. The maximum absolute atomic E-state index is 12.4. The SMILES string of the molecule is COc1ccc(C)cc1NC(=O)CNC(=O)c1ccccc1OC(F)F. The number of methoxy groups -OCH3 is 1. The van der Waals surface area contributed by atoms with E-state index in [1.807, 2.05) is 13.0 Å². The van der Waals surface area contributed by atoms with Crippen LogP contribution in [-0.2, 0) is 4.79 Å². The fourth-order valence-corrected chi connectivity index (χ4v) is 2.22. The molecule has 138 valence electrons. The van der Waals surface area contributed by atoms with Gasteiger partial charge in [0.2, 0.25) is 5.91 Å². The van der Waals surface area contributed by atoms with Crippen molar-refractivity contribution in [3.63, 3.8) is 0 Å². The first kappa shape index (κ1) is 19.2. The molecule has 26 heavy (non-hydrogen) atoms. The van der Waals surface area contributed by atoms with E-state index in [-0.39, 0.29) is 17.9 Å². The molecule has 0 atom stereocenters. The summed E-state index contributed by atoms with van der Waals surface area (Å²) in [4.78, 5) is 24.2. The van der Waals surface area contributed by atoms with Gasteiger partial charge in [-0.05, 0) is 36.8 Å². The summed E-state index contributed by atoms with van der Waals surface area (Å²) >= 11 is 0. The number of ether oxygens (including phenoxy) is 2. The third-order valence-corrected chi connectivity index (χ3v) is 3.39. The van der Waals surface area contributed by atoms with Crippen LogP contribution in [0.2, 0.25) is 0 Å². The Balaban J connectivity index is 2.00. The first-order valence-electron chi connectivity index (χ1n) is 7.67. The molecule has 0 aliphatic heterocycles. The summed E-state index contributed by atoms with van der Waals surface area (Å²) in [6.07, 6.45) is 0. The fraction of sp³-hybridized carbons (Fsp3) is 0.222. The van der Waals surface area contributed by atoms with E-state index >= 15 is 0 Å². The number of alkyl halides is 2. The van der Waals surface area contributed by atoms with Gasteiger partial charge in [0.25, 0.3) is 5.91 Å². The molecule has 0 aliphatic carbocycles. The van der Waals surface area contributed by atoms with Crippen molar-refractivity contribution < 1.29 is 27.8 Å². The number of hydrogen-bond donors (Lipinski definition) is 2. The molecule has 0 fully saturated rings. The van der Waals surface area contributed by atoms with Crippen molar-refractivity contribution >= 4 is 17.5 Å². The van der Waals surface area contributed by atoms with E-state index in [2.05, 4.69) is 15.4 Å². The summed E-state index contributed by atoms with van der Waals surface area (Å²) in [5, 5.41) is 4.99. The Bertz CT molecular complexity index is 797. The van der Waals surface area contributed by atoms with Gasteiger partial charge in [-0.2, -0.15) is 8.78 Å². The van der Waals surface area contributed by atoms with Crippen LogP contribution in [0.15, 0.2) is 42.5 Å². The molecule has 0 aromatic heterocycles. The van der Waals surface area contributed by atoms with Crippen LogP contribution in [0.5, 0.6) is 11.5 Å². The summed E-state index contributed by atoms with van der Waals surface area (Å²) < 4.78 is 34.2. The van der Waals surface area contributed by atoms with Gasteiger partial charge in [0.1, 0.15) is 11.5 Å². The van der Waals surface area contributed by atoms with Crippen molar-refractivity contribution in [2.75, 3.05) is 19.0 Å². The maximum atomic E-state index is 12.4. The topological polar surface area (TPSA) is 76.7 Å². The van der Waals surface area contributed by atoms with Crippen molar-refractivity contribution in [2.45, 2.75) is 13.5 Å². The number of carbonyl (C=O) groups excluding carboxylic acids is 2. The normalized spacial score (nSPS) is 10.3. The number of para-hydroxylation sites is 1. The van der Waals surface area contributed by atoms with Crippen molar-refractivity contribution in [3.8, 4) is 11.5 Å². The Kier molecular flexibility index (Phi) is 6.48. The highest BCUT2D eigenvalue weighted by Crippen LogP contribution is 2.25. The summed E-state index contributed by atoms with van der Waals surface area (Å²) in [6, 6.07) is 10.8. The summed E-state index contributed by atoms with van der Waals surface area (Å²) in [5.41, 5.74) is 1.30. The molecule has 2 amide bonds. The van der Waals surface area contributed by atoms with Crippen LogP contribution < -0.4 is 20.1 Å². The first-order valence-corrected chi connectivity index (χ1v) is 7.67. The van der Waals surface area contributed by atoms with Crippen molar-refractivity contribution in [1.82, 2.24) is 5.32 Å². The molecule has 0 unspecified atom stereocenters. The van der Waals surface area contributed by atoms with E-state index < -0.39 is 18.4 Å². The Hall–Kier alpha value is -3.16. The molecular formula is C18H18F2N2O4. The van der Waals surface area contributed by atoms with Crippen molar-refractivity contribution in [1.29, 1.82) is 0 Å². The number of nitrogens with one attached hydrogen (secondary N) is 2. The Labute approximate surface area is 149 Å². The molecule has 0 saturated heterocycles. The van der Waals surface area contributed by atoms with Gasteiger partial charge in [-0.3, -0.25) is 9.59 Å². The van der Waals surface area contributed by atoms with Gasteiger partial charge in [0.05, 0.1) is 24.9 Å². The van der Waals surface area contributed by atoms with E-state index in [9.17, 15) is 18.4 Å². The third-order valence-electron chi connectivity index (χ3n) is 3.39. The second-order valence-electron chi connectivity index (χ2n) is 5.31. The smallest absolute Gasteiger partial charge is 0.387 e. The average molecular weight is 364 g/mol. The number of halogens is 2. The zero-order valence-corrected chi connectivity index (χ0v) is 14.2. The van der Waals surface area contributed by atoms with Crippen LogP contribution in [0.4, 0.5) is 14.5 Å². The number of anilines is 1. The summed E-state index contributed by atoms with van der Waals surface area (Å²) in [5.74, 6) is -0.978. The molecule has 6 nitrogen and oxygen atoms in total. The second kappa shape index (κ2) is 8.80. The van der Waals surface area contributed by atoms with Gasteiger partial charge in [-0.15, -0.1) is 0 Å². The van der Waals surface area contributed by atoms with E-state index in [0.717, 1.165) is 5.56 Å². The van der Waals surface area contributed by atoms with Crippen LogP contribution >= 0.6 is 0 Å². The zero-order chi connectivity index (χ0) is 19.1. The van der Waals surface area contributed by atoms with Crippen LogP contribution in [0.1, 0.15) is 15.9 Å². The van der Waals surface area contributed by atoms with Crippen LogP contribution in [-0.4, -0.2) is 32.1 Å². The Morgan fingerprint density at radius 3 is 2.54 bits per heavy atom. The molecule has 0 heterocycles. The fourth-order valence-electron chi connectivity index (χ4n) is 2.22. The van der Waals surface area contributed by atoms with Crippen LogP contribution in [0.25, 0.3) is 0 Å². The lowest BCUT2D eigenvalue weighted by atomic mass is 10.2. The quantitative estimate of drug-likeness (QED) is 0.792. The van der Waals surface area contributed by atoms with Gasteiger partial charge >= 0.3 is 6.61 Å². The lowest BCUT2D eigenvalue weighted by Gasteiger charge is -2.12. The third kappa shape index (κ3) is 5.17.